The molecule has 0 aliphatic carbocycles. The molecule has 0 spiro atoms. The van der Waals surface area contributed by atoms with Gasteiger partial charge in [0.1, 0.15) is 0 Å². The van der Waals surface area contributed by atoms with Crippen molar-refractivity contribution in [1.82, 2.24) is 4.90 Å². The second-order valence-corrected chi connectivity index (χ2v) is 2.99. The SMILES string of the molecule is CCN(C(C(=O)O)C(=O)O)C(C(=O)O)C(=O)O. The number of likely N-dealkylation sites (N-methyl/N-ethyl adjacent to an activating group) is 1. The van der Waals surface area contributed by atoms with E-state index >= 15 is 0 Å². The van der Waals surface area contributed by atoms with Crippen LogP contribution in [0.3, 0.4) is 0 Å². The van der Waals surface area contributed by atoms with Crippen LogP contribution in [0.5, 0.6) is 0 Å². The first kappa shape index (κ1) is 14.8. The largest absolute Gasteiger partial charge is 0.480 e. The van der Waals surface area contributed by atoms with Gasteiger partial charge in [-0.15, -0.1) is 0 Å². The zero-order valence-electron chi connectivity index (χ0n) is 8.73. The molecule has 0 bridgehead atoms. The maximum absolute atomic E-state index is 10.7. The molecule has 0 heterocycles. The van der Waals surface area contributed by atoms with Gasteiger partial charge in [-0.05, 0) is 6.54 Å². The lowest BCUT2D eigenvalue weighted by Gasteiger charge is -2.27. The van der Waals surface area contributed by atoms with Gasteiger partial charge in [0, 0.05) is 0 Å². The van der Waals surface area contributed by atoms with Gasteiger partial charge in [-0.25, -0.2) is 19.2 Å². The normalized spacial score (nSPS) is 10.8. The van der Waals surface area contributed by atoms with Crippen LogP contribution in [0.25, 0.3) is 0 Å². The molecule has 0 rings (SSSR count). The van der Waals surface area contributed by atoms with E-state index in [-0.39, 0.29) is 6.54 Å². The van der Waals surface area contributed by atoms with Crippen LogP contribution in [0.4, 0.5) is 0 Å². The van der Waals surface area contributed by atoms with E-state index in [1.807, 2.05) is 0 Å². The first-order valence-electron chi connectivity index (χ1n) is 4.41. The van der Waals surface area contributed by atoms with Gasteiger partial charge < -0.3 is 20.4 Å². The highest BCUT2D eigenvalue weighted by atomic mass is 16.4. The molecular weight excluding hydrogens is 238 g/mol. The van der Waals surface area contributed by atoms with E-state index in [1.54, 1.807) is 0 Å². The summed E-state index contributed by atoms with van der Waals surface area (Å²) in [5.74, 6) is -7.31. The van der Waals surface area contributed by atoms with Gasteiger partial charge in [0.25, 0.3) is 0 Å². The summed E-state index contributed by atoms with van der Waals surface area (Å²) in [6.45, 7) is 0.907. The number of aliphatic carboxylic acids is 4. The van der Waals surface area contributed by atoms with Crippen molar-refractivity contribution >= 4 is 23.9 Å². The molecule has 0 saturated carbocycles. The van der Waals surface area contributed by atoms with Crippen molar-refractivity contribution in [3.63, 3.8) is 0 Å². The number of nitrogens with zero attached hydrogens (tertiary/aromatic N) is 1. The minimum absolute atomic E-state index is 0.355. The number of carboxylic acid groups (broad SMARTS) is 4. The van der Waals surface area contributed by atoms with Crippen LogP contribution in [0, 0.1) is 0 Å². The summed E-state index contributed by atoms with van der Waals surface area (Å²) < 4.78 is 0. The van der Waals surface area contributed by atoms with E-state index in [4.69, 9.17) is 20.4 Å². The smallest absolute Gasteiger partial charge is 0.332 e. The van der Waals surface area contributed by atoms with Gasteiger partial charge in [-0.3, -0.25) is 4.90 Å². The topological polar surface area (TPSA) is 152 Å². The zero-order valence-corrected chi connectivity index (χ0v) is 8.73. The number of hydrogen-bond donors (Lipinski definition) is 4. The summed E-state index contributed by atoms with van der Waals surface area (Å²) in [6, 6.07) is -4.45. The number of carbonyl (C=O) groups is 4. The van der Waals surface area contributed by atoms with E-state index < -0.39 is 36.0 Å². The molecule has 0 atom stereocenters. The Kier molecular flexibility index (Phi) is 5.06. The van der Waals surface area contributed by atoms with E-state index in [1.165, 1.54) is 6.92 Å². The average molecular weight is 249 g/mol. The first-order chi connectivity index (χ1) is 7.73. The van der Waals surface area contributed by atoms with Crippen molar-refractivity contribution in [2.45, 2.75) is 19.0 Å². The highest BCUT2D eigenvalue weighted by Gasteiger charge is 2.42. The molecule has 0 amide bonds. The van der Waals surface area contributed by atoms with Crippen LogP contribution in [-0.2, 0) is 19.2 Å². The fourth-order valence-corrected chi connectivity index (χ4v) is 1.29. The fourth-order valence-electron chi connectivity index (χ4n) is 1.29. The van der Waals surface area contributed by atoms with Gasteiger partial charge in [0.2, 0.25) is 12.1 Å². The van der Waals surface area contributed by atoms with Crippen molar-refractivity contribution in [2.24, 2.45) is 0 Å². The Morgan fingerprint density at radius 1 is 0.824 bits per heavy atom. The first-order valence-corrected chi connectivity index (χ1v) is 4.41. The van der Waals surface area contributed by atoms with E-state index in [0.29, 0.717) is 4.90 Å². The Morgan fingerprint density at radius 2 is 1.06 bits per heavy atom. The molecule has 0 radical (unpaired) electrons. The van der Waals surface area contributed by atoms with Crippen molar-refractivity contribution in [2.75, 3.05) is 6.54 Å². The molecule has 0 unspecified atom stereocenters. The van der Waals surface area contributed by atoms with Crippen LogP contribution >= 0.6 is 0 Å². The lowest BCUT2D eigenvalue weighted by molar-refractivity contribution is -0.165. The minimum Gasteiger partial charge on any atom is -0.480 e. The molecule has 0 aromatic rings. The summed E-state index contributed by atoms with van der Waals surface area (Å²) in [5.41, 5.74) is 0. The average Bonchev–Trinajstić information content (AvgIpc) is 2.13. The molecule has 0 aromatic heterocycles. The second kappa shape index (κ2) is 5.80. The molecule has 0 aliphatic heterocycles. The molecule has 0 aromatic carbocycles. The van der Waals surface area contributed by atoms with Gasteiger partial charge in [-0.2, -0.15) is 0 Å². The third kappa shape index (κ3) is 3.41. The predicted octanol–water partition coefficient (Wildman–Crippen LogP) is -1.62. The van der Waals surface area contributed by atoms with Crippen molar-refractivity contribution in [3.8, 4) is 0 Å². The molecule has 9 heteroatoms. The van der Waals surface area contributed by atoms with E-state index in [9.17, 15) is 19.2 Å². The monoisotopic (exact) mass is 249 g/mol. The van der Waals surface area contributed by atoms with Crippen LogP contribution in [0.1, 0.15) is 6.92 Å². The third-order valence-electron chi connectivity index (χ3n) is 1.96. The lowest BCUT2D eigenvalue weighted by atomic mass is 10.1. The maximum atomic E-state index is 10.7. The molecule has 0 saturated heterocycles. The highest BCUT2D eigenvalue weighted by Crippen LogP contribution is 2.08. The molecule has 9 nitrogen and oxygen atoms in total. The van der Waals surface area contributed by atoms with Gasteiger partial charge in [-0.1, -0.05) is 6.92 Å². The van der Waals surface area contributed by atoms with Crippen molar-refractivity contribution < 1.29 is 39.6 Å². The van der Waals surface area contributed by atoms with Crippen molar-refractivity contribution in [1.29, 1.82) is 0 Å². The molecule has 17 heavy (non-hydrogen) atoms. The maximum Gasteiger partial charge on any atom is 0.332 e. The standard InChI is InChI=1S/C8H11NO8/c1-2-9(3(5(10)11)6(12)13)4(7(14)15)8(16)17/h3-4H,2H2,1H3,(H,10,11)(H,12,13)(H,14,15)(H,16,17). The summed E-state index contributed by atoms with van der Waals surface area (Å²) in [6.07, 6.45) is 0. The number of hydrogen-bond acceptors (Lipinski definition) is 5. The Morgan fingerprint density at radius 3 is 1.18 bits per heavy atom. The molecule has 4 N–H and O–H groups in total. The van der Waals surface area contributed by atoms with Gasteiger partial charge in [0.15, 0.2) is 0 Å². The lowest BCUT2D eigenvalue weighted by Crippen LogP contribution is -2.57. The van der Waals surface area contributed by atoms with Gasteiger partial charge in [0.05, 0.1) is 0 Å². The summed E-state index contributed by atoms with van der Waals surface area (Å²) in [5, 5.41) is 34.6. The summed E-state index contributed by atoms with van der Waals surface area (Å²) >= 11 is 0. The Balaban J connectivity index is 5.40. The fraction of sp³-hybridized carbons (Fsp3) is 0.500. The third-order valence-corrected chi connectivity index (χ3v) is 1.96. The predicted molar refractivity (Wildman–Crippen MR) is 50.5 cm³/mol. The Bertz CT molecular complexity index is 291. The quantitative estimate of drug-likeness (QED) is 0.390. The molecule has 0 fully saturated rings. The van der Waals surface area contributed by atoms with E-state index in [2.05, 4.69) is 0 Å². The van der Waals surface area contributed by atoms with Crippen LogP contribution in [0.15, 0.2) is 0 Å². The summed E-state index contributed by atoms with van der Waals surface area (Å²) in [4.78, 5) is 43.1. The van der Waals surface area contributed by atoms with Crippen LogP contribution < -0.4 is 0 Å². The van der Waals surface area contributed by atoms with Crippen LogP contribution in [-0.4, -0.2) is 67.8 Å². The zero-order chi connectivity index (χ0) is 13.7. The second-order valence-electron chi connectivity index (χ2n) is 2.99. The number of carboxylic acids is 4. The Labute approximate surface area is 94.9 Å². The van der Waals surface area contributed by atoms with Crippen molar-refractivity contribution in [3.05, 3.63) is 0 Å². The van der Waals surface area contributed by atoms with Crippen LogP contribution in [0.2, 0.25) is 0 Å². The van der Waals surface area contributed by atoms with E-state index in [0.717, 1.165) is 0 Å². The molecule has 0 aliphatic rings. The van der Waals surface area contributed by atoms with Gasteiger partial charge >= 0.3 is 23.9 Å². The Hall–Kier alpha value is -2.16. The summed E-state index contributed by atoms with van der Waals surface area (Å²) in [7, 11) is 0. The molecular formula is C8H11NO8. The minimum atomic E-state index is -2.22. The highest BCUT2D eigenvalue weighted by molar-refractivity contribution is 6.02. The number of rotatable bonds is 7. The molecule has 96 valence electrons.